The Morgan fingerprint density at radius 2 is 1.90 bits per heavy atom. The number of aromatic nitrogens is 1. The van der Waals surface area contributed by atoms with E-state index < -0.39 is 0 Å². The largest absolute Gasteiger partial charge is 0.375 e. The second-order valence-corrected chi connectivity index (χ2v) is 8.10. The number of nitrogen functional groups attached to an aromatic ring is 1. The van der Waals surface area contributed by atoms with Crippen molar-refractivity contribution in [2.24, 2.45) is 5.10 Å². The zero-order valence-electron chi connectivity index (χ0n) is 15.8. The molecule has 0 fully saturated rings. The Bertz CT molecular complexity index is 1290. The van der Waals surface area contributed by atoms with Gasteiger partial charge in [-0.15, -0.1) is 0 Å². The molecule has 0 saturated heterocycles. The van der Waals surface area contributed by atoms with Gasteiger partial charge in [-0.1, -0.05) is 47.7 Å². The van der Waals surface area contributed by atoms with Gasteiger partial charge in [0.25, 0.3) is 5.69 Å². The summed E-state index contributed by atoms with van der Waals surface area (Å²) >= 11 is 1.45. The second-order valence-electron chi connectivity index (χ2n) is 7.03. The van der Waals surface area contributed by atoms with E-state index in [9.17, 15) is 10.1 Å². The molecule has 7 nitrogen and oxygen atoms in total. The van der Waals surface area contributed by atoms with Crippen molar-refractivity contribution >= 4 is 43.8 Å². The quantitative estimate of drug-likeness (QED) is 0.367. The lowest BCUT2D eigenvalue weighted by Crippen LogP contribution is -2.18. The minimum atomic E-state index is -0.366. The van der Waals surface area contributed by atoms with Crippen LogP contribution in [-0.2, 0) is 0 Å². The van der Waals surface area contributed by atoms with E-state index in [1.54, 1.807) is 12.1 Å². The average Bonchev–Trinajstić information content (AvgIpc) is 3.37. The number of hydrogen-bond donors (Lipinski definition) is 1. The fourth-order valence-electron chi connectivity index (χ4n) is 3.73. The van der Waals surface area contributed by atoms with Gasteiger partial charge in [-0.25, -0.2) is 4.98 Å². The number of benzene rings is 3. The predicted octanol–water partition coefficient (Wildman–Crippen LogP) is 5.14. The summed E-state index contributed by atoms with van der Waals surface area (Å²) in [6, 6.07) is 22.5. The molecule has 2 N–H and O–H groups in total. The van der Waals surface area contributed by atoms with E-state index in [1.165, 1.54) is 17.4 Å². The van der Waals surface area contributed by atoms with E-state index in [0.29, 0.717) is 11.6 Å². The summed E-state index contributed by atoms with van der Waals surface area (Å²) in [7, 11) is 0. The lowest BCUT2D eigenvalue weighted by Gasteiger charge is -2.23. The van der Waals surface area contributed by atoms with Crippen LogP contribution in [-0.4, -0.2) is 15.6 Å². The number of para-hydroxylation sites is 1. The number of anilines is 2. The van der Waals surface area contributed by atoms with Gasteiger partial charge >= 0.3 is 0 Å². The molecule has 0 spiro atoms. The van der Waals surface area contributed by atoms with Crippen molar-refractivity contribution in [3.63, 3.8) is 0 Å². The van der Waals surface area contributed by atoms with E-state index in [1.807, 2.05) is 53.5 Å². The maximum atomic E-state index is 11.3. The van der Waals surface area contributed by atoms with Crippen LogP contribution in [0.4, 0.5) is 16.5 Å². The van der Waals surface area contributed by atoms with Crippen LogP contribution < -0.4 is 10.7 Å². The molecule has 1 aliphatic heterocycles. The first kappa shape index (κ1) is 18.3. The van der Waals surface area contributed by atoms with Crippen LogP contribution in [0.1, 0.15) is 23.6 Å². The summed E-state index contributed by atoms with van der Waals surface area (Å²) in [4.78, 5) is 15.2. The third-order valence-electron chi connectivity index (χ3n) is 5.14. The first-order valence-corrected chi connectivity index (χ1v) is 10.2. The predicted molar refractivity (Wildman–Crippen MR) is 120 cm³/mol. The fourth-order valence-corrected chi connectivity index (χ4v) is 4.50. The van der Waals surface area contributed by atoms with E-state index in [0.717, 1.165) is 32.7 Å². The van der Waals surface area contributed by atoms with E-state index in [-0.39, 0.29) is 16.7 Å². The number of hydrazone groups is 1. The maximum absolute atomic E-state index is 11.3. The minimum Gasteiger partial charge on any atom is -0.375 e. The second kappa shape index (κ2) is 7.23. The number of nitro groups is 1. The molecule has 0 saturated carbocycles. The van der Waals surface area contributed by atoms with Gasteiger partial charge in [0, 0.05) is 18.6 Å². The molecule has 30 heavy (non-hydrogen) atoms. The van der Waals surface area contributed by atoms with Crippen LogP contribution >= 0.6 is 11.3 Å². The topological polar surface area (TPSA) is 97.7 Å². The number of nitrogens with two attached hydrogens (primary N) is 1. The summed E-state index contributed by atoms with van der Waals surface area (Å²) in [5.41, 5.74) is 10.5. The van der Waals surface area contributed by atoms with Gasteiger partial charge in [0.15, 0.2) is 5.13 Å². The van der Waals surface area contributed by atoms with Gasteiger partial charge in [0.1, 0.15) is 0 Å². The van der Waals surface area contributed by atoms with Gasteiger partial charge in [-0.2, -0.15) is 5.10 Å². The molecule has 1 aliphatic rings. The van der Waals surface area contributed by atoms with Crippen molar-refractivity contribution in [2.45, 2.75) is 12.5 Å². The van der Waals surface area contributed by atoms with Gasteiger partial charge in [0.2, 0.25) is 0 Å². The Morgan fingerprint density at radius 3 is 2.70 bits per heavy atom. The summed E-state index contributed by atoms with van der Waals surface area (Å²) in [5.74, 6) is 0. The number of fused-ring (bicyclic) bond motifs is 1. The van der Waals surface area contributed by atoms with Crippen molar-refractivity contribution in [1.82, 2.24) is 4.98 Å². The monoisotopic (exact) mass is 415 g/mol. The molecular formula is C22H17N5O2S. The molecule has 1 aromatic heterocycles. The highest BCUT2D eigenvalue weighted by Gasteiger charge is 2.31. The van der Waals surface area contributed by atoms with Crippen LogP contribution in [0.3, 0.4) is 0 Å². The highest BCUT2D eigenvalue weighted by atomic mass is 32.1. The Labute approximate surface area is 176 Å². The molecule has 2 heterocycles. The van der Waals surface area contributed by atoms with Crippen LogP contribution in [0.5, 0.6) is 0 Å². The van der Waals surface area contributed by atoms with Crippen molar-refractivity contribution in [2.75, 3.05) is 10.7 Å². The molecule has 0 amide bonds. The highest BCUT2D eigenvalue weighted by molar-refractivity contribution is 7.22. The first-order valence-electron chi connectivity index (χ1n) is 9.41. The minimum absolute atomic E-state index is 0.0792. The molecule has 0 aliphatic carbocycles. The number of nitro benzene ring substituents is 1. The Kier molecular flexibility index (Phi) is 4.40. The normalized spacial score (nSPS) is 16.1. The number of rotatable bonds is 4. The molecule has 3 aromatic carbocycles. The number of thiazole rings is 1. The highest BCUT2D eigenvalue weighted by Crippen LogP contribution is 2.38. The van der Waals surface area contributed by atoms with Gasteiger partial charge in [-0.05, 0) is 35.4 Å². The van der Waals surface area contributed by atoms with Gasteiger partial charge in [0.05, 0.1) is 32.6 Å². The molecule has 0 radical (unpaired) electrons. The van der Waals surface area contributed by atoms with Crippen LogP contribution in [0.2, 0.25) is 0 Å². The van der Waals surface area contributed by atoms with Crippen molar-refractivity contribution in [3.8, 4) is 0 Å². The van der Waals surface area contributed by atoms with E-state index >= 15 is 0 Å². The van der Waals surface area contributed by atoms with Crippen LogP contribution in [0.15, 0.2) is 77.9 Å². The standard InChI is InChI=1S/C22H17N5O2S/c23-22-24-18-10-9-14(12-21(18)30-22)19-13-20(15-5-4-8-17(11-15)27(28)29)26(25-19)16-6-2-1-3-7-16/h1-12,20H,13H2,(H2,23,24). The zero-order chi connectivity index (χ0) is 20.7. The SMILES string of the molecule is Nc1nc2ccc(C3=NN(c4ccccc4)C(c4cccc([N+](=O)[O-])c4)C3)cc2s1. The number of non-ortho nitro benzene ring substituents is 1. The molecular weight excluding hydrogens is 398 g/mol. The molecule has 0 bridgehead atoms. The van der Waals surface area contributed by atoms with Crippen molar-refractivity contribution in [1.29, 1.82) is 0 Å². The smallest absolute Gasteiger partial charge is 0.269 e. The molecule has 4 aromatic rings. The Balaban J connectivity index is 1.57. The Hall–Kier alpha value is -3.78. The average molecular weight is 415 g/mol. The summed E-state index contributed by atoms with van der Waals surface area (Å²) in [6.07, 6.45) is 0.635. The summed E-state index contributed by atoms with van der Waals surface area (Å²) in [6.45, 7) is 0. The van der Waals surface area contributed by atoms with Gasteiger partial charge in [-0.3, -0.25) is 15.1 Å². The molecule has 5 rings (SSSR count). The number of nitrogens with zero attached hydrogens (tertiary/aromatic N) is 4. The molecule has 148 valence electrons. The van der Waals surface area contributed by atoms with Crippen molar-refractivity contribution < 1.29 is 4.92 Å². The van der Waals surface area contributed by atoms with Crippen LogP contribution in [0, 0.1) is 10.1 Å². The maximum Gasteiger partial charge on any atom is 0.269 e. The van der Waals surface area contributed by atoms with Gasteiger partial charge < -0.3 is 5.73 Å². The molecule has 8 heteroatoms. The van der Waals surface area contributed by atoms with Crippen LogP contribution in [0.25, 0.3) is 10.2 Å². The lowest BCUT2D eigenvalue weighted by molar-refractivity contribution is -0.384. The summed E-state index contributed by atoms with van der Waals surface area (Å²) in [5, 5.41) is 18.7. The third kappa shape index (κ3) is 3.27. The zero-order valence-corrected chi connectivity index (χ0v) is 16.6. The lowest BCUT2D eigenvalue weighted by atomic mass is 9.97. The van der Waals surface area contributed by atoms with E-state index in [2.05, 4.69) is 11.1 Å². The summed E-state index contributed by atoms with van der Waals surface area (Å²) < 4.78 is 1.01. The molecule has 1 unspecified atom stereocenters. The number of hydrogen-bond acceptors (Lipinski definition) is 7. The fraction of sp³-hybridized carbons (Fsp3) is 0.0909. The Morgan fingerprint density at radius 1 is 1.07 bits per heavy atom. The van der Waals surface area contributed by atoms with Crippen molar-refractivity contribution in [3.05, 3.63) is 94.0 Å². The first-order chi connectivity index (χ1) is 14.6. The molecule has 1 atom stereocenters. The third-order valence-corrected chi connectivity index (χ3v) is 5.98. The van der Waals surface area contributed by atoms with E-state index in [4.69, 9.17) is 10.8 Å².